The first-order chi connectivity index (χ1) is 14.9. The van der Waals surface area contributed by atoms with Gasteiger partial charge in [-0.25, -0.2) is 0 Å². The number of thioether (sulfide) groups is 1. The third-order valence-corrected chi connectivity index (χ3v) is 5.84. The lowest BCUT2D eigenvalue weighted by Crippen LogP contribution is -2.15. The molecule has 1 amide bonds. The van der Waals surface area contributed by atoms with Crippen molar-refractivity contribution in [3.8, 4) is 5.75 Å². The van der Waals surface area contributed by atoms with Crippen molar-refractivity contribution in [2.24, 2.45) is 0 Å². The molecule has 0 saturated carbocycles. The van der Waals surface area contributed by atoms with Crippen LogP contribution in [0.15, 0.2) is 54.2 Å². The summed E-state index contributed by atoms with van der Waals surface area (Å²) >= 11 is 13.4. The van der Waals surface area contributed by atoms with Gasteiger partial charge in [-0.3, -0.25) is 9.36 Å². The molecular formula is C22H22Cl2N4O2S. The third-order valence-electron chi connectivity index (χ3n) is 4.34. The van der Waals surface area contributed by atoms with Gasteiger partial charge in [0.25, 0.3) is 0 Å². The molecule has 0 radical (unpaired) electrons. The lowest BCUT2D eigenvalue weighted by atomic mass is 10.1. The normalized spacial score (nSPS) is 10.7. The molecule has 9 heteroatoms. The Morgan fingerprint density at radius 3 is 2.74 bits per heavy atom. The van der Waals surface area contributed by atoms with Crippen LogP contribution >= 0.6 is 35.0 Å². The van der Waals surface area contributed by atoms with E-state index in [1.165, 1.54) is 11.8 Å². The number of amides is 1. The fourth-order valence-corrected chi connectivity index (χ4v) is 4.08. The quantitative estimate of drug-likeness (QED) is 0.316. The van der Waals surface area contributed by atoms with Crippen LogP contribution in [0.5, 0.6) is 5.75 Å². The Morgan fingerprint density at radius 2 is 2.03 bits per heavy atom. The topological polar surface area (TPSA) is 69.0 Å². The molecule has 3 rings (SSSR count). The number of nitrogens with one attached hydrogen (secondary N) is 1. The summed E-state index contributed by atoms with van der Waals surface area (Å²) in [5, 5.41) is 12.9. The van der Waals surface area contributed by atoms with Crippen molar-refractivity contribution in [2.45, 2.75) is 32.2 Å². The zero-order valence-electron chi connectivity index (χ0n) is 17.2. The predicted octanol–water partition coefficient (Wildman–Crippen LogP) is 5.70. The second-order valence-electron chi connectivity index (χ2n) is 6.82. The first-order valence-electron chi connectivity index (χ1n) is 9.48. The minimum atomic E-state index is -0.115. The number of benzene rings is 2. The van der Waals surface area contributed by atoms with Crippen LogP contribution in [-0.4, -0.2) is 26.4 Å². The van der Waals surface area contributed by atoms with Crippen LogP contribution in [-0.2, 0) is 17.9 Å². The van der Waals surface area contributed by atoms with Gasteiger partial charge in [0.05, 0.1) is 10.8 Å². The van der Waals surface area contributed by atoms with Gasteiger partial charge < -0.3 is 10.1 Å². The van der Waals surface area contributed by atoms with Crippen molar-refractivity contribution in [2.75, 3.05) is 11.1 Å². The van der Waals surface area contributed by atoms with Crippen molar-refractivity contribution in [3.63, 3.8) is 0 Å². The Labute approximate surface area is 195 Å². The Balaban J connectivity index is 1.64. The smallest absolute Gasteiger partial charge is 0.234 e. The molecule has 0 bridgehead atoms. The van der Waals surface area contributed by atoms with Crippen LogP contribution in [0.1, 0.15) is 17.0 Å². The van der Waals surface area contributed by atoms with Crippen LogP contribution in [0.25, 0.3) is 0 Å². The fourth-order valence-electron chi connectivity index (χ4n) is 2.85. The van der Waals surface area contributed by atoms with E-state index in [2.05, 4.69) is 22.1 Å². The Bertz CT molecular complexity index is 1100. The van der Waals surface area contributed by atoms with E-state index in [-0.39, 0.29) is 18.3 Å². The van der Waals surface area contributed by atoms with Crippen molar-refractivity contribution in [1.82, 2.24) is 14.8 Å². The standard InChI is InChI=1S/C22H22Cl2N4O2S/c1-4-9-28-20(12-30-19-8-6-16(23)11-17(19)24)26-27-22(28)31-13-21(29)25-18-7-5-14(2)10-15(18)3/h4-8,10-11H,1,9,12-13H2,2-3H3,(H,25,29). The number of anilines is 1. The average molecular weight is 477 g/mol. The molecule has 0 saturated heterocycles. The van der Waals surface area contributed by atoms with E-state index in [9.17, 15) is 4.79 Å². The van der Waals surface area contributed by atoms with Gasteiger partial charge in [-0.05, 0) is 43.7 Å². The van der Waals surface area contributed by atoms with Crippen molar-refractivity contribution >= 4 is 46.6 Å². The SMILES string of the molecule is C=CCn1c(COc2ccc(Cl)cc2Cl)nnc1SCC(=O)Nc1ccc(C)cc1C. The van der Waals surface area contributed by atoms with E-state index in [1.54, 1.807) is 24.3 Å². The summed E-state index contributed by atoms with van der Waals surface area (Å²) in [6.45, 7) is 8.42. The average Bonchev–Trinajstić information content (AvgIpc) is 3.10. The molecule has 31 heavy (non-hydrogen) atoms. The Kier molecular flexibility index (Phi) is 8.01. The molecule has 1 heterocycles. The molecule has 1 N–H and O–H groups in total. The number of hydrogen-bond acceptors (Lipinski definition) is 5. The molecule has 0 aliphatic carbocycles. The van der Waals surface area contributed by atoms with E-state index in [4.69, 9.17) is 27.9 Å². The van der Waals surface area contributed by atoms with Crippen LogP contribution in [0, 0.1) is 13.8 Å². The largest absolute Gasteiger partial charge is 0.484 e. The zero-order valence-corrected chi connectivity index (χ0v) is 19.5. The fraction of sp³-hybridized carbons (Fsp3) is 0.227. The number of aryl methyl sites for hydroxylation is 2. The van der Waals surface area contributed by atoms with Gasteiger partial charge in [0.1, 0.15) is 12.4 Å². The molecule has 0 spiro atoms. The number of allylic oxidation sites excluding steroid dienone is 1. The maximum atomic E-state index is 12.4. The maximum Gasteiger partial charge on any atom is 0.234 e. The summed E-state index contributed by atoms with van der Waals surface area (Å²) in [4.78, 5) is 12.4. The summed E-state index contributed by atoms with van der Waals surface area (Å²) in [6, 6.07) is 10.9. The number of hydrogen-bond donors (Lipinski definition) is 1. The number of carbonyl (C=O) groups is 1. The molecule has 0 aliphatic heterocycles. The van der Waals surface area contributed by atoms with E-state index in [0.29, 0.717) is 33.3 Å². The highest BCUT2D eigenvalue weighted by molar-refractivity contribution is 7.99. The number of carbonyl (C=O) groups excluding carboxylic acids is 1. The first-order valence-corrected chi connectivity index (χ1v) is 11.2. The summed E-state index contributed by atoms with van der Waals surface area (Å²) in [6.07, 6.45) is 1.74. The van der Waals surface area contributed by atoms with E-state index < -0.39 is 0 Å². The van der Waals surface area contributed by atoms with Crippen LogP contribution in [0.2, 0.25) is 10.0 Å². The van der Waals surface area contributed by atoms with Gasteiger partial charge in [0, 0.05) is 17.3 Å². The summed E-state index contributed by atoms with van der Waals surface area (Å²) in [7, 11) is 0. The van der Waals surface area contributed by atoms with Gasteiger partial charge in [-0.15, -0.1) is 16.8 Å². The highest BCUT2D eigenvalue weighted by Gasteiger charge is 2.15. The highest BCUT2D eigenvalue weighted by atomic mass is 35.5. The minimum absolute atomic E-state index is 0.115. The van der Waals surface area contributed by atoms with E-state index >= 15 is 0 Å². The Morgan fingerprint density at radius 1 is 1.23 bits per heavy atom. The second kappa shape index (κ2) is 10.7. The molecule has 0 unspecified atom stereocenters. The lowest BCUT2D eigenvalue weighted by Gasteiger charge is -2.11. The molecule has 0 atom stereocenters. The molecule has 0 fully saturated rings. The number of aromatic nitrogens is 3. The highest BCUT2D eigenvalue weighted by Crippen LogP contribution is 2.28. The monoisotopic (exact) mass is 476 g/mol. The summed E-state index contributed by atoms with van der Waals surface area (Å²) in [5.74, 6) is 1.19. The van der Waals surface area contributed by atoms with E-state index in [1.807, 2.05) is 36.6 Å². The molecule has 1 aromatic heterocycles. The minimum Gasteiger partial charge on any atom is -0.484 e. The lowest BCUT2D eigenvalue weighted by molar-refractivity contribution is -0.113. The molecule has 162 valence electrons. The van der Waals surface area contributed by atoms with Gasteiger partial charge >= 0.3 is 0 Å². The zero-order chi connectivity index (χ0) is 22.4. The molecule has 0 aliphatic rings. The maximum absolute atomic E-state index is 12.4. The van der Waals surface area contributed by atoms with Gasteiger partial charge in [0.2, 0.25) is 5.91 Å². The van der Waals surface area contributed by atoms with Crippen molar-refractivity contribution in [3.05, 3.63) is 76.0 Å². The van der Waals surface area contributed by atoms with Crippen molar-refractivity contribution in [1.29, 1.82) is 0 Å². The predicted molar refractivity (Wildman–Crippen MR) is 126 cm³/mol. The number of halogens is 2. The van der Waals surface area contributed by atoms with E-state index in [0.717, 1.165) is 16.8 Å². The summed E-state index contributed by atoms with van der Waals surface area (Å²) < 4.78 is 7.62. The molecular weight excluding hydrogens is 455 g/mol. The van der Waals surface area contributed by atoms with Crippen LogP contribution in [0.4, 0.5) is 5.69 Å². The third kappa shape index (κ3) is 6.26. The van der Waals surface area contributed by atoms with Crippen LogP contribution < -0.4 is 10.1 Å². The van der Waals surface area contributed by atoms with Gasteiger partial charge in [-0.1, -0.05) is 58.7 Å². The van der Waals surface area contributed by atoms with Crippen LogP contribution in [0.3, 0.4) is 0 Å². The van der Waals surface area contributed by atoms with Crippen molar-refractivity contribution < 1.29 is 9.53 Å². The molecule has 2 aromatic carbocycles. The van der Waals surface area contributed by atoms with Gasteiger partial charge in [-0.2, -0.15) is 0 Å². The summed E-state index contributed by atoms with van der Waals surface area (Å²) in [5.41, 5.74) is 2.98. The second-order valence-corrected chi connectivity index (χ2v) is 8.60. The van der Waals surface area contributed by atoms with Gasteiger partial charge in [0.15, 0.2) is 11.0 Å². The molecule has 3 aromatic rings. The number of rotatable bonds is 9. The molecule has 6 nitrogen and oxygen atoms in total. The number of ether oxygens (including phenoxy) is 1. The first kappa shape index (κ1) is 23.2. The number of nitrogens with zero attached hydrogens (tertiary/aromatic N) is 3. The Hall–Kier alpha value is -2.48.